The molecule has 0 atom stereocenters. The van der Waals surface area contributed by atoms with E-state index in [2.05, 4.69) is 20.3 Å². The van der Waals surface area contributed by atoms with Crippen molar-refractivity contribution in [3.63, 3.8) is 0 Å². The number of aryl methyl sites for hydroxylation is 1. The molecule has 0 bridgehead atoms. The largest absolute Gasteiger partial charge is 0.497 e. The van der Waals surface area contributed by atoms with Crippen LogP contribution in [0.2, 0.25) is 0 Å². The molecular weight excluding hydrogens is 340 g/mol. The molecule has 0 saturated carbocycles. The molecule has 0 aliphatic carbocycles. The predicted molar refractivity (Wildman–Crippen MR) is 107 cm³/mol. The zero-order valence-electron chi connectivity index (χ0n) is 15.0. The van der Waals surface area contributed by atoms with Crippen LogP contribution in [0, 0.1) is 6.92 Å². The minimum Gasteiger partial charge on any atom is -0.497 e. The van der Waals surface area contributed by atoms with Gasteiger partial charge in [-0.15, -0.1) is 0 Å². The van der Waals surface area contributed by atoms with Gasteiger partial charge in [-0.3, -0.25) is 9.78 Å². The van der Waals surface area contributed by atoms with Gasteiger partial charge in [-0.2, -0.15) is 4.98 Å². The van der Waals surface area contributed by atoms with Gasteiger partial charge in [-0.25, -0.2) is 4.98 Å². The van der Waals surface area contributed by atoms with E-state index < -0.39 is 0 Å². The van der Waals surface area contributed by atoms with E-state index in [9.17, 15) is 4.79 Å². The summed E-state index contributed by atoms with van der Waals surface area (Å²) in [6.45, 7) is 2.00. The molecule has 0 aliphatic heterocycles. The number of hydrogen-bond acceptors (Lipinski definition) is 5. The first-order valence-corrected chi connectivity index (χ1v) is 8.51. The number of pyridine rings is 1. The van der Waals surface area contributed by atoms with E-state index in [0.717, 1.165) is 28.1 Å². The van der Waals surface area contributed by atoms with Crippen LogP contribution in [0.3, 0.4) is 0 Å². The van der Waals surface area contributed by atoms with Crippen LogP contribution in [-0.2, 0) is 0 Å². The highest BCUT2D eigenvalue weighted by Gasteiger charge is 2.12. The van der Waals surface area contributed by atoms with Crippen molar-refractivity contribution in [2.45, 2.75) is 6.92 Å². The third-order valence-corrected chi connectivity index (χ3v) is 4.29. The van der Waals surface area contributed by atoms with Crippen LogP contribution < -0.4 is 15.6 Å². The van der Waals surface area contributed by atoms with Crippen molar-refractivity contribution in [1.82, 2.24) is 15.0 Å². The third kappa shape index (κ3) is 3.37. The quantitative estimate of drug-likeness (QED) is 0.575. The third-order valence-electron chi connectivity index (χ3n) is 4.29. The molecule has 4 rings (SSSR count). The Kier molecular flexibility index (Phi) is 4.30. The Morgan fingerprint density at radius 2 is 1.89 bits per heavy atom. The zero-order valence-corrected chi connectivity index (χ0v) is 15.0. The van der Waals surface area contributed by atoms with Gasteiger partial charge in [0.15, 0.2) is 5.65 Å². The highest BCUT2D eigenvalue weighted by atomic mass is 16.5. The summed E-state index contributed by atoms with van der Waals surface area (Å²) in [6.07, 6.45) is 1.66. The lowest BCUT2D eigenvalue weighted by molar-refractivity contribution is 0.415. The summed E-state index contributed by atoms with van der Waals surface area (Å²) >= 11 is 0. The highest BCUT2D eigenvalue weighted by Crippen LogP contribution is 2.26. The Morgan fingerprint density at radius 3 is 2.63 bits per heavy atom. The molecule has 0 fully saturated rings. The van der Waals surface area contributed by atoms with Crippen molar-refractivity contribution in [2.24, 2.45) is 0 Å². The number of nitrogens with zero attached hydrogens (tertiary/aromatic N) is 2. The number of benzene rings is 2. The van der Waals surface area contributed by atoms with E-state index in [4.69, 9.17) is 4.74 Å². The number of aromatic nitrogens is 3. The molecule has 0 amide bonds. The van der Waals surface area contributed by atoms with Gasteiger partial charge in [-0.05, 0) is 53.9 Å². The maximum Gasteiger partial charge on any atom is 0.262 e. The van der Waals surface area contributed by atoms with Gasteiger partial charge in [0.1, 0.15) is 5.75 Å². The maximum absolute atomic E-state index is 12.8. The number of ether oxygens (including phenoxy) is 1. The monoisotopic (exact) mass is 358 g/mol. The standard InChI is InChI=1S/C21H18N4O2/c1-13-4-3-5-15(12-13)23-21-24-19-18(20(26)25-21)17(10-11-22-19)14-6-8-16(27-2)9-7-14/h3-12H,1-2H3,(H2,22,23,24,25,26). The fraction of sp³-hybridized carbons (Fsp3) is 0.0952. The molecular formula is C21H18N4O2. The summed E-state index contributed by atoms with van der Waals surface area (Å²) in [5, 5.41) is 3.58. The average Bonchev–Trinajstić information content (AvgIpc) is 2.67. The number of rotatable bonds is 4. The first kappa shape index (κ1) is 16.8. The zero-order chi connectivity index (χ0) is 18.8. The summed E-state index contributed by atoms with van der Waals surface area (Å²) in [7, 11) is 1.62. The van der Waals surface area contributed by atoms with Crippen LogP contribution in [-0.4, -0.2) is 22.1 Å². The second kappa shape index (κ2) is 6.92. The molecule has 6 nitrogen and oxygen atoms in total. The lowest BCUT2D eigenvalue weighted by Gasteiger charge is -2.09. The van der Waals surface area contributed by atoms with Gasteiger partial charge in [-0.1, -0.05) is 24.3 Å². The van der Waals surface area contributed by atoms with Crippen LogP contribution in [0.25, 0.3) is 22.2 Å². The highest BCUT2D eigenvalue weighted by molar-refractivity contribution is 5.92. The Balaban J connectivity index is 1.79. The van der Waals surface area contributed by atoms with Gasteiger partial charge >= 0.3 is 0 Å². The van der Waals surface area contributed by atoms with E-state index in [1.165, 1.54) is 0 Å². The minimum absolute atomic E-state index is 0.242. The number of anilines is 2. The second-order valence-electron chi connectivity index (χ2n) is 6.19. The maximum atomic E-state index is 12.8. The number of methoxy groups -OCH3 is 1. The van der Waals surface area contributed by atoms with Crippen LogP contribution >= 0.6 is 0 Å². The van der Waals surface area contributed by atoms with Crippen molar-refractivity contribution in [3.05, 3.63) is 76.7 Å². The molecule has 27 heavy (non-hydrogen) atoms. The van der Waals surface area contributed by atoms with Crippen LogP contribution in [0.5, 0.6) is 5.75 Å². The molecule has 2 aromatic heterocycles. The van der Waals surface area contributed by atoms with E-state index in [-0.39, 0.29) is 5.56 Å². The van der Waals surface area contributed by atoms with Crippen molar-refractivity contribution in [3.8, 4) is 16.9 Å². The number of aromatic amines is 1. The van der Waals surface area contributed by atoms with Crippen LogP contribution in [0.1, 0.15) is 5.56 Å². The molecule has 0 spiro atoms. The minimum atomic E-state index is -0.242. The van der Waals surface area contributed by atoms with E-state index in [0.29, 0.717) is 17.0 Å². The summed E-state index contributed by atoms with van der Waals surface area (Å²) in [4.78, 5) is 24.3. The first-order valence-electron chi connectivity index (χ1n) is 8.51. The number of nitrogens with one attached hydrogen (secondary N) is 2. The first-order chi connectivity index (χ1) is 13.1. The summed E-state index contributed by atoms with van der Waals surface area (Å²) < 4.78 is 5.20. The molecule has 0 radical (unpaired) electrons. The van der Waals surface area contributed by atoms with Crippen molar-refractivity contribution in [2.75, 3.05) is 12.4 Å². The molecule has 0 saturated heterocycles. The lowest BCUT2D eigenvalue weighted by atomic mass is 10.0. The molecule has 2 heterocycles. The van der Waals surface area contributed by atoms with Gasteiger partial charge in [0.25, 0.3) is 5.56 Å². The summed E-state index contributed by atoms with van der Waals surface area (Å²) in [6, 6.07) is 17.2. The topological polar surface area (TPSA) is 79.9 Å². The fourth-order valence-corrected chi connectivity index (χ4v) is 2.99. The molecule has 134 valence electrons. The average molecular weight is 358 g/mol. The van der Waals surface area contributed by atoms with Gasteiger partial charge in [0.2, 0.25) is 5.95 Å². The normalized spacial score (nSPS) is 10.7. The van der Waals surface area contributed by atoms with E-state index in [1.54, 1.807) is 13.3 Å². The molecule has 4 aromatic rings. The number of hydrogen-bond donors (Lipinski definition) is 2. The van der Waals surface area contributed by atoms with Crippen molar-refractivity contribution in [1.29, 1.82) is 0 Å². The smallest absolute Gasteiger partial charge is 0.262 e. The van der Waals surface area contributed by atoms with Crippen molar-refractivity contribution >= 4 is 22.7 Å². The van der Waals surface area contributed by atoms with Gasteiger partial charge < -0.3 is 10.1 Å². The SMILES string of the molecule is COc1ccc(-c2ccnc3nc(Nc4cccc(C)c4)[nH]c(=O)c23)cc1. The lowest BCUT2D eigenvalue weighted by Crippen LogP contribution is -2.13. The summed E-state index contributed by atoms with van der Waals surface area (Å²) in [5.41, 5.74) is 3.79. The Hall–Kier alpha value is -3.67. The molecule has 0 unspecified atom stereocenters. The van der Waals surface area contributed by atoms with Gasteiger partial charge in [0, 0.05) is 11.9 Å². The predicted octanol–water partition coefficient (Wildman–Crippen LogP) is 4.05. The Labute approximate surface area is 155 Å². The fourth-order valence-electron chi connectivity index (χ4n) is 2.99. The molecule has 2 aromatic carbocycles. The van der Waals surface area contributed by atoms with Gasteiger partial charge in [0.05, 0.1) is 12.5 Å². The summed E-state index contributed by atoms with van der Waals surface area (Å²) in [5.74, 6) is 1.12. The Bertz CT molecular complexity index is 1170. The van der Waals surface area contributed by atoms with E-state index in [1.807, 2.05) is 61.5 Å². The number of fused-ring (bicyclic) bond motifs is 1. The van der Waals surface area contributed by atoms with Crippen LogP contribution in [0.4, 0.5) is 11.6 Å². The van der Waals surface area contributed by atoms with Crippen LogP contribution in [0.15, 0.2) is 65.6 Å². The molecule has 0 aliphatic rings. The van der Waals surface area contributed by atoms with Crippen molar-refractivity contribution < 1.29 is 4.74 Å². The number of H-pyrrole nitrogens is 1. The second-order valence-corrected chi connectivity index (χ2v) is 6.19. The van der Waals surface area contributed by atoms with E-state index >= 15 is 0 Å². The molecule has 6 heteroatoms. The Morgan fingerprint density at radius 1 is 1.07 bits per heavy atom. The molecule has 2 N–H and O–H groups in total.